The first-order valence-electron chi connectivity index (χ1n) is 6.84. The molecule has 18 heavy (non-hydrogen) atoms. The van der Waals surface area contributed by atoms with Crippen LogP contribution < -0.4 is 16.0 Å². The molecule has 0 spiro atoms. The van der Waals surface area contributed by atoms with Gasteiger partial charge in [-0.15, -0.1) is 0 Å². The standard InChI is InChI=1S/C14H21N3O/c1-2-18-14(11-7-9-15-10-8-11)16-12-5-3-4-6-13(12)17-14/h3-6,11,15-17H,2,7-10H2,1H3. The number of fused-ring (bicyclic) bond motifs is 1. The highest BCUT2D eigenvalue weighted by molar-refractivity contribution is 5.75. The lowest BCUT2D eigenvalue weighted by molar-refractivity contribution is -0.0443. The Morgan fingerprint density at radius 2 is 1.78 bits per heavy atom. The van der Waals surface area contributed by atoms with E-state index in [1.54, 1.807) is 0 Å². The average Bonchev–Trinajstić information content (AvgIpc) is 2.79. The van der Waals surface area contributed by atoms with E-state index >= 15 is 0 Å². The van der Waals surface area contributed by atoms with Crippen LogP contribution in [0.25, 0.3) is 0 Å². The van der Waals surface area contributed by atoms with Crippen molar-refractivity contribution < 1.29 is 4.74 Å². The molecule has 0 unspecified atom stereocenters. The van der Waals surface area contributed by atoms with Gasteiger partial charge in [-0.05, 0) is 45.0 Å². The number of piperidine rings is 1. The molecule has 0 aliphatic carbocycles. The van der Waals surface area contributed by atoms with Crippen LogP contribution in [0, 0.1) is 5.92 Å². The van der Waals surface area contributed by atoms with E-state index in [0.29, 0.717) is 12.5 Å². The van der Waals surface area contributed by atoms with Gasteiger partial charge in [0.1, 0.15) is 0 Å². The van der Waals surface area contributed by atoms with Crippen molar-refractivity contribution in [2.75, 3.05) is 30.3 Å². The van der Waals surface area contributed by atoms with Gasteiger partial charge < -0.3 is 20.7 Å². The second-order valence-electron chi connectivity index (χ2n) is 4.99. The largest absolute Gasteiger partial charge is 0.338 e. The fourth-order valence-electron chi connectivity index (χ4n) is 2.98. The van der Waals surface area contributed by atoms with Crippen LogP contribution in [0.1, 0.15) is 19.8 Å². The maximum Gasteiger partial charge on any atom is 0.219 e. The second-order valence-corrected chi connectivity index (χ2v) is 4.99. The Morgan fingerprint density at radius 1 is 1.17 bits per heavy atom. The molecule has 0 saturated carbocycles. The van der Waals surface area contributed by atoms with Gasteiger partial charge in [0.05, 0.1) is 11.4 Å². The fourth-order valence-corrected chi connectivity index (χ4v) is 2.98. The molecule has 0 aromatic heterocycles. The van der Waals surface area contributed by atoms with E-state index in [2.05, 4.69) is 47.1 Å². The molecule has 1 aromatic carbocycles. The molecule has 2 aliphatic heterocycles. The summed E-state index contributed by atoms with van der Waals surface area (Å²) in [5, 5.41) is 10.5. The quantitative estimate of drug-likeness (QED) is 0.766. The molecule has 0 radical (unpaired) electrons. The van der Waals surface area contributed by atoms with Crippen LogP contribution in [0.3, 0.4) is 0 Å². The summed E-state index contributed by atoms with van der Waals surface area (Å²) in [5.74, 6) is 0.0756. The minimum atomic E-state index is -0.416. The van der Waals surface area contributed by atoms with E-state index in [1.165, 1.54) is 0 Å². The zero-order valence-corrected chi connectivity index (χ0v) is 10.8. The number of para-hydroxylation sites is 2. The summed E-state index contributed by atoms with van der Waals surface area (Å²) >= 11 is 0. The highest BCUT2D eigenvalue weighted by atomic mass is 16.5. The molecule has 1 aromatic rings. The lowest BCUT2D eigenvalue weighted by atomic mass is 9.92. The van der Waals surface area contributed by atoms with Crippen LogP contribution in [0.2, 0.25) is 0 Å². The summed E-state index contributed by atoms with van der Waals surface area (Å²) in [6.45, 7) is 4.89. The lowest BCUT2D eigenvalue weighted by Gasteiger charge is -2.40. The highest BCUT2D eigenvalue weighted by Crippen LogP contribution is 2.40. The summed E-state index contributed by atoms with van der Waals surface area (Å²) in [7, 11) is 0. The first-order chi connectivity index (χ1) is 8.84. The Hall–Kier alpha value is -1.26. The highest BCUT2D eigenvalue weighted by Gasteiger charge is 2.44. The smallest absolute Gasteiger partial charge is 0.219 e. The van der Waals surface area contributed by atoms with Crippen molar-refractivity contribution in [2.45, 2.75) is 25.6 Å². The van der Waals surface area contributed by atoms with Crippen molar-refractivity contribution in [3.05, 3.63) is 24.3 Å². The monoisotopic (exact) mass is 247 g/mol. The van der Waals surface area contributed by atoms with Gasteiger partial charge in [-0.3, -0.25) is 0 Å². The maximum absolute atomic E-state index is 6.06. The van der Waals surface area contributed by atoms with Crippen molar-refractivity contribution in [3.8, 4) is 0 Å². The normalized spacial score (nSPS) is 22.1. The van der Waals surface area contributed by atoms with Crippen molar-refractivity contribution in [3.63, 3.8) is 0 Å². The minimum Gasteiger partial charge on any atom is -0.338 e. The van der Waals surface area contributed by atoms with Crippen molar-refractivity contribution >= 4 is 11.4 Å². The van der Waals surface area contributed by atoms with E-state index in [0.717, 1.165) is 37.3 Å². The van der Waals surface area contributed by atoms with E-state index in [4.69, 9.17) is 4.74 Å². The molecular formula is C14H21N3O. The zero-order chi connectivity index (χ0) is 12.4. The van der Waals surface area contributed by atoms with E-state index in [9.17, 15) is 0 Å². The second kappa shape index (κ2) is 4.78. The van der Waals surface area contributed by atoms with E-state index < -0.39 is 5.85 Å². The Balaban J connectivity index is 1.85. The third-order valence-electron chi connectivity index (χ3n) is 3.85. The van der Waals surface area contributed by atoms with E-state index in [-0.39, 0.29) is 0 Å². The fraction of sp³-hybridized carbons (Fsp3) is 0.571. The third kappa shape index (κ3) is 1.95. The zero-order valence-electron chi connectivity index (χ0n) is 10.8. The molecule has 1 saturated heterocycles. The van der Waals surface area contributed by atoms with E-state index in [1.807, 2.05) is 0 Å². The van der Waals surface area contributed by atoms with Crippen LogP contribution in [0.15, 0.2) is 24.3 Å². The molecule has 98 valence electrons. The number of ether oxygens (including phenoxy) is 1. The Labute approximate surface area is 108 Å². The number of hydrogen-bond acceptors (Lipinski definition) is 4. The SMILES string of the molecule is CCOC1(C2CCNCC2)Nc2ccccc2N1. The van der Waals surface area contributed by atoms with Gasteiger partial charge >= 0.3 is 0 Å². The van der Waals surface area contributed by atoms with Gasteiger partial charge in [0.25, 0.3) is 0 Å². The average molecular weight is 247 g/mol. The summed E-state index contributed by atoms with van der Waals surface area (Å²) in [6, 6.07) is 8.31. The number of hydrogen-bond donors (Lipinski definition) is 3. The number of benzene rings is 1. The number of rotatable bonds is 3. The molecule has 0 bridgehead atoms. The predicted molar refractivity (Wildman–Crippen MR) is 73.6 cm³/mol. The third-order valence-corrected chi connectivity index (χ3v) is 3.85. The van der Waals surface area contributed by atoms with Crippen molar-refractivity contribution in [2.24, 2.45) is 5.92 Å². The summed E-state index contributed by atoms with van der Waals surface area (Å²) < 4.78 is 6.06. The summed E-state index contributed by atoms with van der Waals surface area (Å²) in [5.41, 5.74) is 2.29. The van der Waals surface area contributed by atoms with Crippen LogP contribution in [-0.4, -0.2) is 25.5 Å². The maximum atomic E-state index is 6.06. The molecule has 2 aliphatic rings. The Kier molecular flexibility index (Phi) is 3.14. The molecular weight excluding hydrogens is 226 g/mol. The molecule has 0 amide bonds. The Bertz CT molecular complexity index is 390. The first-order valence-corrected chi connectivity index (χ1v) is 6.84. The number of nitrogens with one attached hydrogen (secondary N) is 3. The van der Waals surface area contributed by atoms with Crippen LogP contribution in [0.5, 0.6) is 0 Å². The minimum absolute atomic E-state index is 0.416. The van der Waals surface area contributed by atoms with Crippen LogP contribution in [0.4, 0.5) is 11.4 Å². The lowest BCUT2D eigenvalue weighted by Crippen LogP contribution is -2.54. The van der Waals surface area contributed by atoms with Gasteiger partial charge in [0.15, 0.2) is 0 Å². The van der Waals surface area contributed by atoms with Gasteiger partial charge in [-0.2, -0.15) is 0 Å². The van der Waals surface area contributed by atoms with Crippen LogP contribution >= 0.6 is 0 Å². The molecule has 0 atom stereocenters. The predicted octanol–water partition coefficient (Wildman–Crippen LogP) is 2.21. The molecule has 2 heterocycles. The summed E-state index contributed by atoms with van der Waals surface area (Å²) in [4.78, 5) is 0. The Morgan fingerprint density at radius 3 is 2.33 bits per heavy atom. The van der Waals surface area contributed by atoms with Crippen molar-refractivity contribution in [1.29, 1.82) is 0 Å². The molecule has 1 fully saturated rings. The van der Waals surface area contributed by atoms with Gasteiger partial charge in [-0.1, -0.05) is 12.1 Å². The van der Waals surface area contributed by atoms with Crippen molar-refractivity contribution in [1.82, 2.24) is 5.32 Å². The molecule has 4 nitrogen and oxygen atoms in total. The van der Waals surface area contributed by atoms with Gasteiger partial charge in [-0.25, -0.2) is 0 Å². The number of anilines is 2. The molecule has 3 rings (SSSR count). The molecule has 4 heteroatoms. The van der Waals surface area contributed by atoms with Crippen LogP contribution in [-0.2, 0) is 4.74 Å². The van der Waals surface area contributed by atoms with Gasteiger partial charge in [0, 0.05) is 12.5 Å². The molecule has 3 N–H and O–H groups in total. The van der Waals surface area contributed by atoms with Gasteiger partial charge in [0.2, 0.25) is 5.85 Å². The summed E-state index contributed by atoms with van der Waals surface area (Å²) in [6.07, 6.45) is 2.27. The topological polar surface area (TPSA) is 45.3 Å². The first kappa shape index (κ1) is 11.8.